The van der Waals surface area contributed by atoms with Crippen molar-refractivity contribution in [1.82, 2.24) is 9.80 Å². The van der Waals surface area contributed by atoms with Crippen LogP contribution in [-0.4, -0.2) is 34.2 Å². The summed E-state index contributed by atoms with van der Waals surface area (Å²) in [5.74, 6) is 0.661. The Morgan fingerprint density at radius 3 is 2.61 bits per heavy atom. The van der Waals surface area contributed by atoms with Crippen molar-refractivity contribution >= 4 is 11.8 Å². The van der Waals surface area contributed by atoms with Crippen molar-refractivity contribution in [3.05, 3.63) is 70.8 Å². The van der Waals surface area contributed by atoms with Crippen LogP contribution < -0.4 is 0 Å². The molecule has 0 bridgehead atoms. The van der Waals surface area contributed by atoms with E-state index in [0.29, 0.717) is 31.8 Å². The number of hydrogen-bond donors (Lipinski definition) is 0. The first-order valence-corrected chi connectivity index (χ1v) is 10.3. The first kappa shape index (κ1) is 18.7. The van der Waals surface area contributed by atoms with Gasteiger partial charge in [0.15, 0.2) is 0 Å². The molecule has 1 saturated heterocycles. The molecule has 0 N–H and O–H groups in total. The predicted octanol–water partition coefficient (Wildman–Crippen LogP) is 3.89. The van der Waals surface area contributed by atoms with Gasteiger partial charge in [0, 0.05) is 26.1 Å². The second kappa shape index (κ2) is 7.78. The van der Waals surface area contributed by atoms with Crippen molar-refractivity contribution in [1.29, 1.82) is 0 Å². The van der Waals surface area contributed by atoms with E-state index in [9.17, 15) is 9.59 Å². The molecule has 0 spiro atoms. The highest BCUT2D eigenvalue weighted by Crippen LogP contribution is 2.28. The van der Waals surface area contributed by atoms with Gasteiger partial charge in [0.1, 0.15) is 6.04 Å². The summed E-state index contributed by atoms with van der Waals surface area (Å²) >= 11 is 0. The van der Waals surface area contributed by atoms with Crippen molar-refractivity contribution in [3.63, 3.8) is 0 Å². The third kappa shape index (κ3) is 3.68. The largest absolute Gasteiger partial charge is 0.336 e. The number of carbonyl (C=O) groups is 2. The summed E-state index contributed by atoms with van der Waals surface area (Å²) in [6.07, 6.45) is 1.98. The van der Waals surface area contributed by atoms with Gasteiger partial charge in [-0.1, -0.05) is 62.4 Å². The summed E-state index contributed by atoms with van der Waals surface area (Å²) in [6.45, 7) is 6.28. The monoisotopic (exact) mass is 376 g/mol. The number of hydrogen-bond acceptors (Lipinski definition) is 2. The van der Waals surface area contributed by atoms with E-state index in [4.69, 9.17) is 0 Å². The lowest BCUT2D eigenvalue weighted by Gasteiger charge is -2.34. The Hall–Kier alpha value is -2.62. The van der Waals surface area contributed by atoms with Gasteiger partial charge in [0.05, 0.1) is 0 Å². The van der Waals surface area contributed by atoms with Crippen LogP contribution in [0, 0.1) is 0 Å². The van der Waals surface area contributed by atoms with Crippen LogP contribution in [0.3, 0.4) is 0 Å². The lowest BCUT2D eigenvalue weighted by molar-refractivity contribution is -0.142. The van der Waals surface area contributed by atoms with Crippen LogP contribution in [-0.2, 0) is 29.1 Å². The Balaban J connectivity index is 1.50. The summed E-state index contributed by atoms with van der Waals surface area (Å²) in [5, 5.41) is 0. The highest BCUT2D eigenvalue weighted by Gasteiger charge is 2.38. The summed E-state index contributed by atoms with van der Waals surface area (Å²) < 4.78 is 0. The Morgan fingerprint density at radius 2 is 1.86 bits per heavy atom. The van der Waals surface area contributed by atoms with Crippen LogP contribution >= 0.6 is 0 Å². The van der Waals surface area contributed by atoms with Gasteiger partial charge in [-0.25, -0.2) is 0 Å². The molecule has 0 aliphatic carbocycles. The summed E-state index contributed by atoms with van der Waals surface area (Å²) in [5.41, 5.74) is 4.98. The van der Waals surface area contributed by atoms with E-state index in [-0.39, 0.29) is 17.9 Å². The number of nitrogens with zero attached hydrogens (tertiary/aromatic N) is 2. The fraction of sp³-hybridized carbons (Fsp3) is 0.417. The molecule has 1 atom stereocenters. The number of rotatable bonds is 4. The number of amides is 2. The van der Waals surface area contributed by atoms with Crippen LogP contribution in [0.1, 0.15) is 54.9 Å². The van der Waals surface area contributed by atoms with Gasteiger partial charge >= 0.3 is 0 Å². The average molecular weight is 377 g/mol. The molecule has 4 rings (SSSR count). The van der Waals surface area contributed by atoms with E-state index < -0.39 is 0 Å². The van der Waals surface area contributed by atoms with E-state index >= 15 is 0 Å². The van der Waals surface area contributed by atoms with Gasteiger partial charge in [-0.05, 0) is 41.0 Å². The predicted molar refractivity (Wildman–Crippen MR) is 110 cm³/mol. The van der Waals surface area contributed by atoms with E-state index in [2.05, 4.69) is 32.0 Å². The number of benzene rings is 2. The number of fused-ring (bicyclic) bond motifs is 1. The molecule has 0 aromatic heterocycles. The summed E-state index contributed by atoms with van der Waals surface area (Å²) in [7, 11) is 0. The zero-order chi connectivity index (χ0) is 19.7. The van der Waals surface area contributed by atoms with E-state index in [1.165, 1.54) is 16.7 Å². The van der Waals surface area contributed by atoms with E-state index in [1.807, 2.05) is 35.2 Å². The van der Waals surface area contributed by atoms with Crippen molar-refractivity contribution in [2.75, 3.05) is 6.54 Å². The second-order valence-corrected chi connectivity index (χ2v) is 8.25. The van der Waals surface area contributed by atoms with Crippen molar-refractivity contribution in [2.45, 2.75) is 58.2 Å². The summed E-state index contributed by atoms with van der Waals surface area (Å²) in [6, 6.07) is 16.3. The third-order valence-electron chi connectivity index (χ3n) is 6.03. The number of carbonyl (C=O) groups excluding carboxylic acids is 2. The zero-order valence-corrected chi connectivity index (χ0v) is 16.7. The Bertz CT molecular complexity index is 875. The summed E-state index contributed by atoms with van der Waals surface area (Å²) in [4.78, 5) is 29.5. The number of likely N-dealkylation sites (tertiary alicyclic amines) is 1. The molecule has 28 heavy (non-hydrogen) atoms. The van der Waals surface area contributed by atoms with Crippen LogP contribution in [0.15, 0.2) is 48.5 Å². The highest BCUT2D eigenvalue weighted by atomic mass is 16.2. The molecule has 0 saturated carbocycles. The Labute approximate surface area is 167 Å². The first-order chi connectivity index (χ1) is 13.5. The standard InChI is InChI=1S/C24H28N2O2/c1-17(2)20-9-8-19-12-13-25(16-21(19)14-20)24(28)22-10-11-23(27)26(22)15-18-6-4-3-5-7-18/h3-9,14,17,22H,10-13,15-16H2,1-2H3. The van der Waals surface area contributed by atoms with E-state index in [0.717, 1.165) is 18.5 Å². The lowest BCUT2D eigenvalue weighted by Crippen LogP contribution is -2.48. The molecule has 1 unspecified atom stereocenters. The molecule has 2 aromatic rings. The third-order valence-corrected chi connectivity index (χ3v) is 6.03. The van der Waals surface area contributed by atoms with Crippen molar-refractivity contribution < 1.29 is 9.59 Å². The van der Waals surface area contributed by atoms with Gasteiger partial charge < -0.3 is 9.80 Å². The average Bonchev–Trinajstić information content (AvgIpc) is 3.07. The maximum atomic E-state index is 13.3. The van der Waals surface area contributed by atoms with Crippen molar-refractivity contribution in [2.24, 2.45) is 0 Å². The minimum Gasteiger partial charge on any atom is -0.336 e. The van der Waals surface area contributed by atoms with Crippen LogP contribution in [0.5, 0.6) is 0 Å². The molecule has 2 aliphatic rings. The fourth-order valence-electron chi connectivity index (χ4n) is 4.30. The molecule has 2 amide bonds. The quantitative estimate of drug-likeness (QED) is 0.812. The zero-order valence-electron chi connectivity index (χ0n) is 16.7. The minimum atomic E-state index is -0.331. The molecular weight excluding hydrogens is 348 g/mol. The molecule has 4 nitrogen and oxygen atoms in total. The van der Waals surface area contributed by atoms with Gasteiger partial charge in [-0.2, -0.15) is 0 Å². The maximum Gasteiger partial charge on any atom is 0.245 e. The Kier molecular flexibility index (Phi) is 5.21. The van der Waals surface area contributed by atoms with Gasteiger partial charge in [0.2, 0.25) is 11.8 Å². The minimum absolute atomic E-state index is 0.0849. The first-order valence-electron chi connectivity index (χ1n) is 10.3. The van der Waals surface area contributed by atoms with Crippen molar-refractivity contribution in [3.8, 4) is 0 Å². The maximum absolute atomic E-state index is 13.3. The SMILES string of the molecule is CC(C)c1ccc2c(c1)CN(C(=O)C1CCC(=O)N1Cc1ccccc1)CC2. The fourth-order valence-corrected chi connectivity index (χ4v) is 4.30. The van der Waals surface area contributed by atoms with Gasteiger partial charge in [0.25, 0.3) is 0 Å². The smallest absolute Gasteiger partial charge is 0.245 e. The lowest BCUT2D eigenvalue weighted by atomic mass is 9.93. The molecule has 2 heterocycles. The normalized spacial score (nSPS) is 19.2. The molecular formula is C24H28N2O2. The van der Waals surface area contributed by atoms with Gasteiger partial charge in [-0.15, -0.1) is 0 Å². The topological polar surface area (TPSA) is 40.6 Å². The van der Waals surface area contributed by atoms with Crippen LogP contribution in [0.4, 0.5) is 0 Å². The molecule has 0 radical (unpaired) electrons. The second-order valence-electron chi connectivity index (χ2n) is 8.25. The van der Waals surface area contributed by atoms with E-state index in [1.54, 1.807) is 4.90 Å². The molecule has 1 fully saturated rings. The van der Waals surface area contributed by atoms with Crippen LogP contribution in [0.25, 0.3) is 0 Å². The van der Waals surface area contributed by atoms with Gasteiger partial charge in [-0.3, -0.25) is 9.59 Å². The molecule has 2 aromatic carbocycles. The molecule has 146 valence electrons. The molecule has 2 aliphatic heterocycles. The van der Waals surface area contributed by atoms with Crippen LogP contribution in [0.2, 0.25) is 0 Å². The highest BCUT2D eigenvalue weighted by molar-refractivity contribution is 5.91. The Morgan fingerprint density at radius 1 is 1.07 bits per heavy atom. The molecule has 4 heteroatoms.